The lowest BCUT2D eigenvalue weighted by molar-refractivity contribution is 0.0520. The Hall–Kier alpha value is -0.750. The fourth-order valence-electron chi connectivity index (χ4n) is 1.71. The van der Waals surface area contributed by atoms with E-state index in [0.717, 1.165) is 10.9 Å². The Morgan fingerprint density at radius 1 is 1.71 bits per heavy atom. The van der Waals surface area contributed by atoms with Gasteiger partial charge in [0.05, 0.1) is 6.61 Å². The maximum atomic E-state index is 11.5. The fourth-order valence-corrected chi connectivity index (χ4v) is 3.81. The first kappa shape index (κ1) is 12.7. The molecule has 17 heavy (non-hydrogen) atoms. The van der Waals surface area contributed by atoms with Gasteiger partial charge in [-0.2, -0.15) is 11.8 Å². The Kier molecular flexibility index (Phi) is 4.28. The van der Waals surface area contributed by atoms with Gasteiger partial charge in [-0.15, -0.1) is 11.3 Å². The smallest absolute Gasteiger partial charge is 0.357 e. The summed E-state index contributed by atoms with van der Waals surface area (Å²) in [6.07, 6.45) is 1.19. The number of ether oxygens (including phenoxy) is 1. The van der Waals surface area contributed by atoms with E-state index in [0.29, 0.717) is 18.3 Å². The average molecular weight is 272 g/mol. The van der Waals surface area contributed by atoms with Crippen LogP contribution < -0.4 is 4.90 Å². The lowest BCUT2D eigenvalue weighted by Crippen LogP contribution is -2.31. The van der Waals surface area contributed by atoms with Gasteiger partial charge in [-0.1, -0.05) is 0 Å². The molecule has 0 saturated carbocycles. The minimum Gasteiger partial charge on any atom is -0.461 e. The maximum Gasteiger partial charge on any atom is 0.357 e. The monoisotopic (exact) mass is 272 g/mol. The molecule has 1 unspecified atom stereocenters. The second kappa shape index (κ2) is 5.73. The van der Waals surface area contributed by atoms with E-state index in [9.17, 15) is 4.79 Å². The third-order valence-corrected chi connectivity index (χ3v) is 4.81. The zero-order valence-corrected chi connectivity index (χ0v) is 11.6. The van der Waals surface area contributed by atoms with Crippen LogP contribution in [-0.2, 0) is 4.74 Å². The number of hydrogen-bond acceptors (Lipinski definition) is 6. The van der Waals surface area contributed by atoms with Crippen molar-refractivity contribution in [2.75, 3.05) is 30.1 Å². The van der Waals surface area contributed by atoms with Crippen molar-refractivity contribution in [2.45, 2.75) is 19.4 Å². The molecule has 94 valence electrons. The lowest BCUT2D eigenvalue weighted by atomic mass is 10.2. The first-order chi connectivity index (χ1) is 8.22. The number of thiazole rings is 1. The summed E-state index contributed by atoms with van der Waals surface area (Å²) in [4.78, 5) is 18.0. The van der Waals surface area contributed by atoms with Gasteiger partial charge in [0, 0.05) is 24.2 Å². The first-order valence-corrected chi connectivity index (χ1v) is 7.69. The van der Waals surface area contributed by atoms with Gasteiger partial charge in [0.15, 0.2) is 10.8 Å². The fraction of sp³-hybridized carbons (Fsp3) is 0.636. The minimum absolute atomic E-state index is 0.329. The van der Waals surface area contributed by atoms with Gasteiger partial charge in [-0.3, -0.25) is 0 Å². The van der Waals surface area contributed by atoms with Crippen LogP contribution in [-0.4, -0.2) is 42.2 Å². The normalized spacial score (nSPS) is 19.3. The molecule has 0 spiro atoms. The van der Waals surface area contributed by atoms with Crippen molar-refractivity contribution >= 4 is 34.2 Å². The summed E-state index contributed by atoms with van der Waals surface area (Å²) < 4.78 is 4.93. The Morgan fingerprint density at radius 2 is 2.53 bits per heavy atom. The number of rotatable bonds is 4. The molecule has 1 atom stereocenters. The van der Waals surface area contributed by atoms with E-state index in [1.165, 1.54) is 23.5 Å². The summed E-state index contributed by atoms with van der Waals surface area (Å²) in [5, 5.41) is 2.67. The molecule has 1 saturated heterocycles. The van der Waals surface area contributed by atoms with Gasteiger partial charge in [0.25, 0.3) is 0 Å². The van der Waals surface area contributed by atoms with E-state index < -0.39 is 0 Å². The topological polar surface area (TPSA) is 42.4 Å². The highest BCUT2D eigenvalue weighted by atomic mass is 32.2. The van der Waals surface area contributed by atoms with Crippen LogP contribution in [0.15, 0.2) is 5.38 Å². The third kappa shape index (κ3) is 2.93. The van der Waals surface area contributed by atoms with Crippen LogP contribution in [0.25, 0.3) is 0 Å². The molecule has 0 radical (unpaired) electrons. The molecule has 1 aliphatic rings. The molecule has 0 bridgehead atoms. The number of esters is 1. The predicted molar refractivity (Wildman–Crippen MR) is 72.2 cm³/mol. The van der Waals surface area contributed by atoms with Crippen LogP contribution >= 0.6 is 23.1 Å². The molecule has 0 aromatic carbocycles. The van der Waals surface area contributed by atoms with Crippen molar-refractivity contribution in [3.8, 4) is 0 Å². The summed E-state index contributed by atoms with van der Waals surface area (Å²) in [5.74, 6) is 2.03. The molecule has 4 nitrogen and oxygen atoms in total. The van der Waals surface area contributed by atoms with Crippen molar-refractivity contribution in [1.82, 2.24) is 4.98 Å². The molecule has 2 rings (SSSR count). The number of carbonyl (C=O) groups excluding carboxylic acids is 1. The maximum absolute atomic E-state index is 11.5. The first-order valence-electron chi connectivity index (χ1n) is 5.65. The molecular weight excluding hydrogens is 256 g/mol. The van der Waals surface area contributed by atoms with Gasteiger partial charge in [0.2, 0.25) is 0 Å². The number of nitrogens with zero attached hydrogens (tertiary/aromatic N) is 2. The van der Waals surface area contributed by atoms with Crippen molar-refractivity contribution in [3.63, 3.8) is 0 Å². The summed E-state index contributed by atoms with van der Waals surface area (Å²) in [5.41, 5.74) is 0.421. The number of carbonyl (C=O) groups is 1. The van der Waals surface area contributed by atoms with Crippen LogP contribution in [0.3, 0.4) is 0 Å². The van der Waals surface area contributed by atoms with Gasteiger partial charge >= 0.3 is 5.97 Å². The SMILES string of the molecule is CCOC(=O)c1csc(N(C)C2CCSC2)n1. The molecule has 6 heteroatoms. The summed E-state index contributed by atoms with van der Waals surface area (Å²) in [7, 11) is 2.05. The number of thioether (sulfide) groups is 1. The Bertz CT molecular complexity index is 389. The zero-order chi connectivity index (χ0) is 12.3. The summed E-state index contributed by atoms with van der Waals surface area (Å²) in [6.45, 7) is 2.19. The molecule has 1 fully saturated rings. The molecule has 1 aliphatic heterocycles. The molecule has 1 aromatic heterocycles. The Labute approximate surface area is 109 Å². The second-order valence-electron chi connectivity index (χ2n) is 3.86. The second-order valence-corrected chi connectivity index (χ2v) is 5.85. The largest absolute Gasteiger partial charge is 0.461 e. The highest BCUT2D eigenvalue weighted by molar-refractivity contribution is 7.99. The van der Waals surface area contributed by atoms with E-state index in [1.54, 1.807) is 12.3 Å². The molecule has 2 heterocycles. The van der Waals surface area contributed by atoms with Crippen molar-refractivity contribution in [3.05, 3.63) is 11.1 Å². The highest BCUT2D eigenvalue weighted by Crippen LogP contribution is 2.28. The summed E-state index contributed by atoms with van der Waals surface area (Å²) in [6, 6.07) is 0.543. The van der Waals surface area contributed by atoms with Gasteiger partial charge in [-0.05, 0) is 19.1 Å². The highest BCUT2D eigenvalue weighted by Gasteiger charge is 2.23. The number of anilines is 1. The van der Waals surface area contributed by atoms with Crippen molar-refractivity contribution in [2.24, 2.45) is 0 Å². The van der Waals surface area contributed by atoms with Crippen LogP contribution in [0.2, 0.25) is 0 Å². The van der Waals surface area contributed by atoms with Crippen LogP contribution in [0.5, 0.6) is 0 Å². The lowest BCUT2D eigenvalue weighted by Gasteiger charge is -2.22. The quantitative estimate of drug-likeness (QED) is 0.787. The van der Waals surface area contributed by atoms with Gasteiger partial charge in [0.1, 0.15) is 0 Å². The number of hydrogen-bond donors (Lipinski definition) is 0. The van der Waals surface area contributed by atoms with Crippen molar-refractivity contribution < 1.29 is 9.53 Å². The molecule has 0 amide bonds. The van der Waals surface area contributed by atoms with E-state index in [2.05, 4.69) is 9.88 Å². The van der Waals surface area contributed by atoms with E-state index in [4.69, 9.17) is 4.74 Å². The van der Waals surface area contributed by atoms with Crippen LogP contribution in [0.4, 0.5) is 5.13 Å². The van der Waals surface area contributed by atoms with Gasteiger partial charge < -0.3 is 9.64 Å². The molecule has 0 aliphatic carbocycles. The van der Waals surface area contributed by atoms with E-state index in [-0.39, 0.29) is 5.97 Å². The Morgan fingerprint density at radius 3 is 3.18 bits per heavy atom. The standard InChI is InChI=1S/C11H16N2O2S2/c1-3-15-10(14)9-7-17-11(12-9)13(2)8-4-5-16-6-8/h7-8H,3-6H2,1-2H3. The van der Waals surface area contributed by atoms with Crippen LogP contribution in [0.1, 0.15) is 23.8 Å². The van der Waals surface area contributed by atoms with Gasteiger partial charge in [-0.25, -0.2) is 9.78 Å². The zero-order valence-electron chi connectivity index (χ0n) is 10.0. The average Bonchev–Trinajstić information content (AvgIpc) is 3.00. The third-order valence-electron chi connectivity index (χ3n) is 2.73. The van der Waals surface area contributed by atoms with Crippen LogP contribution in [0, 0.1) is 0 Å². The molecular formula is C11H16N2O2S2. The van der Waals surface area contributed by atoms with E-state index in [1.807, 2.05) is 18.8 Å². The van der Waals surface area contributed by atoms with E-state index >= 15 is 0 Å². The van der Waals surface area contributed by atoms with Crippen molar-refractivity contribution in [1.29, 1.82) is 0 Å². The molecule has 1 aromatic rings. The minimum atomic E-state index is -0.329. The number of aromatic nitrogens is 1. The summed E-state index contributed by atoms with van der Waals surface area (Å²) >= 11 is 3.47. The Balaban J connectivity index is 2.04. The predicted octanol–water partition coefficient (Wildman–Crippen LogP) is 2.26. The molecule has 0 N–H and O–H groups in total.